The van der Waals surface area contributed by atoms with Crippen LogP contribution in [0.5, 0.6) is 0 Å². The van der Waals surface area contributed by atoms with Gasteiger partial charge in [0.25, 0.3) is 0 Å². The van der Waals surface area contributed by atoms with E-state index in [0.717, 1.165) is 0 Å². The highest BCUT2D eigenvalue weighted by molar-refractivity contribution is 5.89. The molecule has 0 saturated carbocycles. The summed E-state index contributed by atoms with van der Waals surface area (Å²) in [5, 5.41) is 31.0. The zero-order valence-electron chi connectivity index (χ0n) is 16.1. The molecule has 0 aromatic heterocycles. The lowest BCUT2D eigenvalue weighted by Crippen LogP contribution is -2.52. The fraction of sp³-hybridized carbons (Fsp3) is 0.667. The second kappa shape index (κ2) is 8.68. The molecule has 10 heteroatoms. The summed E-state index contributed by atoms with van der Waals surface area (Å²) >= 11 is 0. The number of ether oxygens (including phenoxy) is 2. The van der Waals surface area contributed by atoms with Crippen LogP contribution in [0.4, 0.5) is 0 Å². The van der Waals surface area contributed by atoms with E-state index in [-0.39, 0.29) is 28.6 Å². The molecule has 2 fully saturated rings. The lowest BCUT2D eigenvalue weighted by atomic mass is 9.84. The minimum absolute atomic E-state index is 0. The smallest absolute Gasteiger partial charge is 0.341 e. The molecule has 0 spiro atoms. The molecule has 0 aromatic rings. The summed E-state index contributed by atoms with van der Waals surface area (Å²) in [5.41, 5.74) is -1.15. The minimum Gasteiger partial charge on any atom is -0.459 e. The summed E-state index contributed by atoms with van der Waals surface area (Å²) in [7, 11) is 0. The van der Waals surface area contributed by atoms with Crippen LogP contribution in [0.15, 0.2) is 23.3 Å². The Morgan fingerprint density at radius 3 is 2.64 bits per heavy atom. The Morgan fingerprint density at radius 1 is 1.36 bits per heavy atom. The Morgan fingerprint density at radius 2 is 2.04 bits per heavy atom. The summed E-state index contributed by atoms with van der Waals surface area (Å²) in [4.78, 5) is 25.1. The molecule has 0 amide bonds. The van der Waals surface area contributed by atoms with Crippen molar-refractivity contribution < 1.29 is 50.1 Å². The lowest BCUT2D eigenvalue weighted by molar-refractivity contribution is -1.10. The molecule has 0 radical (unpaired) electrons. The molecule has 28 heavy (non-hydrogen) atoms. The standard InChI is InChI=1S/C18H26NO7.2H2O/c1-3-12-8-11(2)18(23,10-20)17(22)25-9-13-4-6-19(24)7-5-14(15(13)19)26-16(12)21;;/h3-4,11,14-15,20,23-24H,5-10H2,1-2H3;2*1H2/q+1;;/b12-3-;;/t11?,14-,15-,18?,19?;;/m1../s1. The quantitative estimate of drug-likeness (QED) is 0.204. The molecule has 3 aliphatic rings. The summed E-state index contributed by atoms with van der Waals surface area (Å²) in [6, 6.07) is -0.482. The molecule has 3 heterocycles. The maximum Gasteiger partial charge on any atom is 0.341 e. The number of cyclic esters (lactones) is 1. The fourth-order valence-corrected chi connectivity index (χ4v) is 4.10. The molecular formula is C18H30NO9+. The van der Waals surface area contributed by atoms with Gasteiger partial charge in [0.2, 0.25) is 0 Å². The number of rotatable bonds is 1. The minimum atomic E-state index is -2.12. The SMILES string of the molecule is C/C=C1/CC(C)C(O)(CO)C(=O)OCC2=CC[N+]3(O)CC[C@@H](OC1=O)[C@@H]23.O.O. The maximum absolute atomic E-state index is 12.6. The van der Waals surface area contributed by atoms with Crippen LogP contribution in [0.3, 0.4) is 0 Å². The monoisotopic (exact) mass is 404 g/mol. The highest BCUT2D eigenvalue weighted by atomic mass is 16.6. The summed E-state index contributed by atoms with van der Waals surface area (Å²) in [5.74, 6) is -2.21. The summed E-state index contributed by atoms with van der Waals surface area (Å²) < 4.78 is 10.7. The predicted molar refractivity (Wildman–Crippen MR) is 95.9 cm³/mol. The van der Waals surface area contributed by atoms with Crippen LogP contribution < -0.4 is 0 Å². The second-order valence-corrected chi connectivity index (χ2v) is 7.43. The molecule has 0 aromatic carbocycles. The van der Waals surface area contributed by atoms with Gasteiger partial charge in [-0.05, 0) is 19.4 Å². The average molecular weight is 404 g/mol. The molecule has 0 bridgehead atoms. The van der Waals surface area contributed by atoms with E-state index in [0.29, 0.717) is 30.7 Å². The Kier molecular flexibility index (Phi) is 7.51. The van der Waals surface area contributed by atoms with Crippen molar-refractivity contribution in [3.63, 3.8) is 0 Å². The average Bonchev–Trinajstić information content (AvgIpc) is 3.11. The van der Waals surface area contributed by atoms with Crippen LogP contribution in [-0.2, 0) is 19.1 Å². The van der Waals surface area contributed by atoms with Gasteiger partial charge >= 0.3 is 11.9 Å². The molecule has 7 N–H and O–H groups in total. The lowest BCUT2D eigenvalue weighted by Gasteiger charge is -2.32. The molecule has 10 nitrogen and oxygen atoms in total. The Hall–Kier alpha value is -1.82. The molecule has 3 rings (SSSR count). The third-order valence-corrected chi connectivity index (χ3v) is 5.90. The number of hydrogen-bond acceptors (Lipinski definition) is 7. The van der Waals surface area contributed by atoms with Crippen molar-refractivity contribution in [2.45, 2.75) is 44.4 Å². The molecule has 160 valence electrons. The molecule has 2 saturated heterocycles. The Bertz CT molecular complexity index is 676. The first-order valence-corrected chi connectivity index (χ1v) is 8.90. The first-order chi connectivity index (χ1) is 12.2. The third-order valence-electron chi connectivity index (χ3n) is 5.90. The summed E-state index contributed by atoms with van der Waals surface area (Å²) in [6.45, 7) is 3.10. The number of allylic oxidation sites excluding steroid dienone is 1. The van der Waals surface area contributed by atoms with Gasteiger partial charge in [0.05, 0.1) is 6.61 Å². The van der Waals surface area contributed by atoms with Gasteiger partial charge in [0.1, 0.15) is 19.7 Å². The van der Waals surface area contributed by atoms with E-state index in [1.54, 1.807) is 26.0 Å². The van der Waals surface area contributed by atoms with Crippen molar-refractivity contribution in [2.75, 3.05) is 26.3 Å². The number of aliphatic hydroxyl groups is 2. The maximum atomic E-state index is 12.6. The fourth-order valence-electron chi connectivity index (χ4n) is 4.10. The topological polar surface area (TPSA) is 176 Å². The van der Waals surface area contributed by atoms with Crippen LogP contribution in [0.25, 0.3) is 0 Å². The van der Waals surface area contributed by atoms with Gasteiger partial charge in [0, 0.05) is 23.5 Å². The van der Waals surface area contributed by atoms with E-state index in [1.807, 2.05) is 0 Å². The number of hydroxylamine groups is 3. The van der Waals surface area contributed by atoms with E-state index < -0.39 is 42.2 Å². The molecule has 3 aliphatic heterocycles. The van der Waals surface area contributed by atoms with Crippen LogP contribution in [0.2, 0.25) is 0 Å². The largest absolute Gasteiger partial charge is 0.459 e. The predicted octanol–water partition coefficient (Wildman–Crippen LogP) is -1.58. The molecule has 0 aliphatic carbocycles. The van der Waals surface area contributed by atoms with Crippen molar-refractivity contribution in [1.82, 2.24) is 0 Å². The number of carbonyl (C=O) groups is 2. The molecule has 5 atom stereocenters. The van der Waals surface area contributed by atoms with Crippen molar-refractivity contribution in [2.24, 2.45) is 5.92 Å². The van der Waals surface area contributed by atoms with Gasteiger partial charge in [-0.15, -0.1) is 0 Å². The van der Waals surface area contributed by atoms with Crippen LogP contribution in [0, 0.1) is 5.92 Å². The van der Waals surface area contributed by atoms with E-state index in [9.17, 15) is 25.0 Å². The number of quaternary nitrogens is 1. The highest BCUT2D eigenvalue weighted by Crippen LogP contribution is 2.38. The van der Waals surface area contributed by atoms with Crippen molar-refractivity contribution in [3.05, 3.63) is 23.3 Å². The first-order valence-electron chi connectivity index (χ1n) is 8.90. The number of hydrogen-bond donors (Lipinski definition) is 3. The van der Waals surface area contributed by atoms with E-state index in [4.69, 9.17) is 9.47 Å². The third kappa shape index (κ3) is 3.84. The zero-order valence-corrected chi connectivity index (χ0v) is 16.1. The number of carbonyl (C=O) groups excluding carboxylic acids is 2. The van der Waals surface area contributed by atoms with E-state index in [1.165, 1.54) is 0 Å². The van der Waals surface area contributed by atoms with E-state index >= 15 is 0 Å². The zero-order chi connectivity index (χ0) is 19.1. The van der Waals surface area contributed by atoms with Gasteiger partial charge in [-0.1, -0.05) is 13.0 Å². The van der Waals surface area contributed by atoms with Crippen LogP contribution in [0.1, 0.15) is 26.7 Å². The number of esters is 2. The molecule has 3 unspecified atom stereocenters. The van der Waals surface area contributed by atoms with Crippen molar-refractivity contribution in [1.29, 1.82) is 0 Å². The molecular weight excluding hydrogens is 374 g/mol. The van der Waals surface area contributed by atoms with Crippen LogP contribution in [-0.4, -0.2) is 87.0 Å². The Balaban J connectivity index is 0.00000196. The number of aliphatic hydroxyl groups excluding tert-OH is 1. The van der Waals surface area contributed by atoms with Crippen molar-refractivity contribution >= 4 is 11.9 Å². The van der Waals surface area contributed by atoms with Crippen LogP contribution >= 0.6 is 0 Å². The summed E-state index contributed by atoms with van der Waals surface area (Å²) in [6.07, 6.45) is 3.43. The normalized spacial score (nSPS) is 39.4. The Labute approximate surface area is 162 Å². The van der Waals surface area contributed by atoms with Gasteiger partial charge in [-0.25, -0.2) is 14.8 Å². The van der Waals surface area contributed by atoms with Crippen molar-refractivity contribution in [3.8, 4) is 0 Å². The van der Waals surface area contributed by atoms with Gasteiger partial charge in [0.15, 0.2) is 17.7 Å². The van der Waals surface area contributed by atoms with E-state index in [2.05, 4.69) is 0 Å². The first kappa shape index (κ1) is 24.2. The van der Waals surface area contributed by atoms with Gasteiger partial charge in [-0.3, -0.25) is 0 Å². The van der Waals surface area contributed by atoms with Gasteiger partial charge < -0.3 is 30.6 Å². The number of nitrogens with zero attached hydrogens (tertiary/aromatic N) is 1. The van der Waals surface area contributed by atoms with Gasteiger partial charge in [-0.2, -0.15) is 4.65 Å². The highest BCUT2D eigenvalue weighted by Gasteiger charge is 2.56. The second-order valence-electron chi connectivity index (χ2n) is 7.43.